The Balaban J connectivity index is 2.61. The van der Waals surface area contributed by atoms with Gasteiger partial charge in [-0.25, -0.2) is 0 Å². The molecule has 0 aromatic rings. The number of methoxy groups -OCH3 is 1. The van der Waals surface area contributed by atoms with Crippen LogP contribution >= 0.6 is 0 Å². The van der Waals surface area contributed by atoms with Crippen molar-refractivity contribution in [2.24, 2.45) is 11.0 Å². The van der Waals surface area contributed by atoms with Gasteiger partial charge in [-0.1, -0.05) is 18.5 Å². The van der Waals surface area contributed by atoms with Gasteiger partial charge in [0, 0.05) is 18.0 Å². The highest BCUT2D eigenvalue weighted by Crippen LogP contribution is 2.37. The Bertz CT molecular complexity index is 315. The summed E-state index contributed by atoms with van der Waals surface area (Å²) in [6.45, 7) is 3.00. The third-order valence-electron chi connectivity index (χ3n) is 3.51. The van der Waals surface area contributed by atoms with E-state index in [1.165, 1.54) is 7.11 Å². The summed E-state index contributed by atoms with van der Waals surface area (Å²) in [6.07, 6.45) is 3.73. The maximum absolute atomic E-state index is 11.9. The van der Waals surface area contributed by atoms with Crippen LogP contribution in [0.5, 0.6) is 0 Å². The lowest BCUT2D eigenvalue weighted by atomic mass is 9.95. The normalized spacial score (nSPS) is 27.5. The van der Waals surface area contributed by atoms with Gasteiger partial charge in [0.25, 0.3) is 0 Å². The quantitative estimate of drug-likeness (QED) is 0.253. The van der Waals surface area contributed by atoms with Gasteiger partial charge in [0.1, 0.15) is 5.54 Å². The van der Waals surface area contributed by atoms with Gasteiger partial charge in [-0.3, -0.25) is 4.79 Å². The highest BCUT2D eigenvalue weighted by molar-refractivity contribution is 5.81. The molecule has 1 fully saturated rings. The molecule has 2 atom stereocenters. The van der Waals surface area contributed by atoms with E-state index in [1.54, 1.807) is 0 Å². The number of esters is 1. The summed E-state index contributed by atoms with van der Waals surface area (Å²) in [6, 6.07) is 0. The van der Waals surface area contributed by atoms with Gasteiger partial charge in [0.05, 0.1) is 7.11 Å². The first-order chi connectivity index (χ1) is 8.18. The van der Waals surface area contributed by atoms with Crippen LogP contribution in [-0.2, 0) is 9.53 Å². The van der Waals surface area contributed by atoms with Crippen LogP contribution in [0.4, 0.5) is 0 Å². The van der Waals surface area contributed by atoms with E-state index in [1.807, 2.05) is 0 Å². The minimum Gasteiger partial charge on any atom is -0.468 e. The molecule has 1 N–H and O–H groups in total. The van der Waals surface area contributed by atoms with E-state index in [2.05, 4.69) is 22.3 Å². The smallest absolute Gasteiger partial charge is 0.326 e. The van der Waals surface area contributed by atoms with E-state index < -0.39 is 5.54 Å². The van der Waals surface area contributed by atoms with Crippen LogP contribution in [0.15, 0.2) is 5.11 Å². The van der Waals surface area contributed by atoms with Crippen molar-refractivity contribution in [3.8, 4) is 0 Å². The average molecular weight is 240 g/mol. The molecular formula is C11H20N4O2. The second-order valence-electron chi connectivity index (χ2n) is 4.47. The molecule has 1 aliphatic carbocycles. The second kappa shape index (κ2) is 6.47. The predicted molar refractivity (Wildman–Crippen MR) is 64.4 cm³/mol. The van der Waals surface area contributed by atoms with Crippen LogP contribution < -0.4 is 5.32 Å². The molecular weight excluding hydrogens is 220 g/mol. The number of ether oxygens (including phenoxy) is 1. The zero-order valence-corrected chi connectivity index (χ0v) is 10.5. The number of nitrogens with zero attached hydrogens (tertiary/aromatic N) is 3. The zero-order chi connectivity index (χ0) is 12.7. The van der Waals surface area contributed by atoms with E-state index in [0.717, 1.165) is 25.7 Å². The minimum atomic E-state index is -0.569. The molecule has 0 heterocycles. The number of hydrogen-bond donors (Lipinski definition) is 1. The summed E-state index contributed by atoms with van der Waals surface area (Å²) in [5.41, 5.74) is 7.63. The van der Waals surface area contributed by atoms with Crippen molar-refractivity contribution >= 4 is 5.97 Å². The molecule has 0 aromatic carbocycles. The fourth-order valence-electron chi connectivity index (χ4n) is 2.50. The Morgan fingerprint density at radius 2 is 2.47 bits per heavy atom. The van der Waals surface area contributed by atoms with Gasteiger partial charge >= 0.3 is 5.97 Å². The van der Waals surface area contributed by atoms with Crippen LogP contribution in [0, 0.1) is 5.92 Å². The molecule has 0 radical (unpaired) electrons. The van der Waals surface area contributed by atoms with Gasteiger partial charge in [0.15, 0.2) is 0 Å². The highest BCUT2D eigenvalue weighted by Gasteiger charge is 2.45. The molecule has 6 heteroatoms. The second-order valence-corrected chi connectivity index (χ2v) is 4.47. The molecule has 0 aromatic heterocycles. The van der Waals surface area contributed by atoms with Gasteiger partial charge in [-0.2, -0.15) is 0 Å². The summed E-state index contributed by atoms with van der Waals surface area (Å²) >= 11 is 0. The molecule has 0 aliphatic heterocycles. The predicted octanol–water partition coefficient (Wildman–Crippen LogP) is 2.01. The largest absolute Gasteiger partial charge is 0.468 e. The SMILES string of the molecule is CCC1CCC(NCCN=[N+]=[N-])(C(=O)OC)C1. The van der Waals surface area contributed by atoms with Crippen molar-refractivity contribution in [2.75, 3.05) is 20.2 Å². The maximum Gasteiger partial charge on any atom is 0.326 e. The van der Waals surface area contributed by atoms with Crippen molar-refractivity contribution in [1.82, 2.24) is 5.32 Å². The van der Waals surface area contributed by atoms with Gasteiger partial charge in [0.2, 0.25) is 0 Å². The topological polar surface area (TPSA) is 87.1 Å². The van der Waals surface area contributed by atoms with E-state index in [4.69, 9.17) is 10.3 Å². The van der Waals surface area contributed by atoms with Crippen LogP contribution in [0.2, 0.25) is 0 Å². The summed E-state index contributed by atoms with van der Waals surface area (Å²) in [7, 11) is 1.42. The van der Waals surface area contributed by atoms with Crippen LogP contribution in [-0.4, -0.2) is 31.7 Å². The van der Waals surface area contributed by atoms with Gasteiger partial charge < -0.3 is 10.1 Å². The number of azide groups is 1. The first-order valence-electron chi connectivity index (χ1n) is 6.03. The Hall–Kier alpha value is -1.26. The maximum atomic E-state index is 11.9. The lowest BCUT2D eigenvalue weighted by molar-refractivity contribution is -0.148. The Kier molecular flexibility index (Phi) is 5.25. The van der Waals surface area contributed by atoms with Crippen LogP contribution in [0.25, 0.3) is 10.4 Å². The van der Waals surface area contributed by atoms with Crippen LogP contribution in [0.3, 0.4) is 0 Å². The number of hydrogen-bond acceptors (Lipinski definition) is 4. The molecule has 96 valence electrons. The number of nitrogens with one attached hydrogen (secondary N) is 1. The lowest BCUT2D eigenvalue weighted by Gasteiger charge is -2.27. The molecule has 0 bridgehead atoms. The number of carbonyl (C=O) groups excluding carboxylic acids is 1. The molecule has 1 aliphatic rings. The summed E-state index contributed by atoms with van der Waals surface area (Å²) in [5, 5.41) is 6.66. The molecule has 1 rings (SSSR count). The van der Waals surface area contributed by atoms with Crippen molar-refractivity contribution in [3.05, 3.63) is 10.4 Å². The summed E-state index contributed by atoms with van der Waals surface area (Å²) in [4.78, 5) is 14.6. The van der Waals surface area contributed by atoms with Crippen molar-refractivity contribution in [2.45, 2.75) is 38.1 Å². The molecule has 0 saturated heterocycles. The average Bonchev–Trinajstić information content (AvgIpc) is 2.78. The molecule has 0 spiro atoms. The summed E-state index contributed by atoms with van der Waals surface area (Å²) in [5.74, 6) is 0.371. The summed E-state index contributed by atoms with van der Waals surface area (Å²) < 4.78 is 4.88. The standard InChI is InChI=1S/C11H20N4O2/c1-3-9-4-5-11(8-9,10(16)17-2)13-6-7-14-15-12/h9,13H,3-8H2,1-2H3. The Morgan fingerprint density at radius 3 is 3.00 bits per heavy atom. The van der Waals surface area contributed by atoms with Crippen molar-refractivity contribution < 1.29 is 9.53 Å². The fourth-order valence-corrected chi connectivity index (χ4v) is 2.50. The zero-order valence-electron chi connectivity index (χ0n) is 10.5. The number of rotatable bonds is 6. The van der Waals surface area contributed by atoms with Gasteiger partial charge in [-0.05, 0) is 30.7 Å². The lowest BCUT2D eigenvalue weighted by Crippen LogP contribution is -2.51. The molecule has 2 unspecified atom stereocenters. The monoisotopic (exact) mass is 240 g/mol. The van der Waals surface area contributed by atoms with Crippen molar-refractivity contribution in [1.29, 1.82) is 0 Å². The van der Waals surface area contributed by atoms with Crippen LogP contribution in [0.1, 0.15) is 32.6 Å². The molecule has 1 saturated carbocycles. The highest BCUT2D eigenvalue weighted by atomic mass is 16.5. The number of carbonyl (C=O) groups is 1. The Morgan fingerprint density at radius 1 is 1.71 bits per heavy atom. The van der Waals surface area contributed by atoms with Gasteiger partial charge in [-0.15, -0.1) is 0 Å². The Labute approximate surface area is 101 Å². The van der Waals surface area contributed by atoms with Crippen molar-refractivity contribution in [3.63, 3.8) is 0 Å². The molecule has 17 heavy (non-hydrogen) atoms. The van der Waals surface area contributed by atoms with E-state index >= 15 is 0 Å². The molecule has 0 amide bonds. The third kappa shape index (κ3) is 3.35. The first-order valence-corrected chi connectivity index (χ1v) is 6.03. The minimum absolute atomic E-state index is 0.200. The van der Waals surface area contributed by atoms with E-state index in [0.29, 0.717) is 19.0 Å². The first kappa shape index (κ1) is 13.8. The molecule has 6 nitrogen and oxygen atoms in total. The van der Waals surface area contributed by atoms with E-state index in [-0.39, 0.29) is 5.97 Å². The third-order valence-corrected chi connectivity index (χ3v) is 3.51. The fraction of sp³-hybridized carbons (Fsp3) is 0.909. The van der Waals surface area contributed by atoms with E-state index in [9.17, 15) is 4.79 Å².